The van der Waals surface area contributed by atoms with Crippen LogP contribution in [0, 0.1) is 0 Å². The highest BCUT2D eigenvalue weighted by molar-refractivity contribution is 5.93. The van der Waals surface area contributed by atoms with E-state index in [1.165, 1.54) is 6.08 Å². The largest absolute Gasteiger partial charge is 0.463 e. The van der Waals surface area contributed by atoms with Crippen molar-refractivity contribution < 1.29 is 14.3 Å². The fraction of sp³-hybridized carbons (Fsp3) is 0.136. The monoisotopic (exact) mass is 376 g/mol. The van der Waals surface area contributed by atoms with Crippen molar-refractivity contribution in [1.29, 1.82) is 0 Å². The molecular weight excluding hydrogens is 356 g/mol. The predicted octanol–water partition coefficient (Wildman–Crippen LogP) is 3.29. The minimum Gasteiger partial charge on any atom is -0.463 e. The molecule has 1 amide bonds. The standard InChI is InChI=1S/C22H20N2O4/c1-2-28-21(26)12-9-15-7-10-18(11-8-15)23-20(25)14-17-13-16-5-3-4-6-19(16)24-22(17)27/h3-13H,2,14H2,1H3,(H,23,25)(H,24,27)/b12-9+. The van der Waals surface area contributed by atoms with Crippen LogP contribution in [0.3, 0.4) is 0 Å². The number of hydrogen-bond acceptors (Lipinski definition) is 4. The van der Waals surface area contributed by atoms with Crippen LogP contribution in [-0.4, -0.2) is 23.5 Å². The van der Waals surface area contributed by atoms with E-state index >= 15 is 0 Å². The number of amides is 1. The Bertz CT molecular complexity index is 1080. The second-order valence-corrected chi connectivity index (χ2v) is 6.14. The van der Waals surface area contributed by atoms with E-state index in [2.05, 4.69) is 10.3 Å². The molecule has 0 bridgehead atoms. The van der Waals surface area contributed by atoms with Crippen molar-refractivity contribution in [1.82, 2.24) is 4.98 Å². The first-order valence-corrected chi connectivity index (χ1v) is 8.91. The van der Waals surface area contributed by atoms with Gasteiger partial charge in [-0.3, -0.25) is 9.59 Å². The highest BCUT2D eigenvalue weighted by Crippen LogP contribution is 2.13. The number of aromatic nitrogens is 1. The minimum atomic E-state index is -0.402. The number of para-hydroxylation sites is 1. The summed E-state index contributed by atoms with van der Waals surface area (Å²) in [5, 5.41) is 3.65. The van der Waals surface area contributed by atoms with Crippen LogP contribution in [0.4, 0.5) is 5.69 Å². The Morgan fingerprint density at radius 3 is 2.61 bits per heavy atom. The molecule has 0 fully saturated rings. The zero-order valence-corrected chi connectivity index (χ0v) is 15.4. The number of H-pyrrole nitrogens is 1. The van der Waals surface area contributed by atoms with E-state index in [1.54, 1.807) is 43.3 Å². The zero-order valence-electron chi connectivity index (χ0n) is 15.4. The quantitative estimate of drug-likeness (QED) is 0.510. The van der Waals surface area contributed by atoms with Crippen LogP contribution in [0.25, 0.3) is 17.0 Å². The molecule has 3 rings (SSSR count). The molecule has 0 atom stereocenters. The van der Waals surface area contributed by atoms with Crippen LogP contribution < -0.4 is 10.9 Å². The molecular formula is C22H20N2O4. The second kappa shape index (κ2) is 8.81. The van der Waals surface area contributed by atoms with Gasteiger partial charge in [-0.15, -0.1) is 0 Å². The number of hydrogen-bond donors (Lipinski definition) is 2. The van der Waals surface area contributed by atoms with Crippen LogP contribution in [0.5, 0.6) is 0 Å². The number of benzene rings is 2. The zero-order chi connectivity index (χ0) is 19.9. The van der Waals surface area contributed by atoms with Gasteiger partial charge in [-0.1, -0.05) is 30.3 Å². The number of anilines is 1. The van der Waals surface area contributed by atoms with Crippen LogP contribution >= 0.6 is 0 Å². The van der Waals surface area contributed by atoms with Crippen LogP contribution in [0.15, 0.2) is 65.5 Å². The van der Waals surface area contributed by atoms with Gasteiger partial charge in [0.05, 0.1) is 13.0 Å². The summed E-state index contributed by atoms with van der Waals surface area (Å²) in [6.07, 6.45) is 2.96. The molecule has 142 valence electrons. The highest BCUT2D eigenvalue weighted by atomic mass is 16.5. The smallest absolute Gasteiger partial charge is 0.330 e. The molecule has 2 aromatic carbocycles. The summed E-state index contributed by atoms with van der Waals surface area (Å²) in [4.78, 5) is 38.6. The van der Waals surface area contributed by atoms with E-state index < -0.39 is 5.97 Å². The summed E-state index contributed by atoms with van der Waals surface area (Å²) >= 11 is 0. The van der Waals surface area contributed by atoms with Gasteiger partial charge in [0.2, 0.25) is 5.91 Å². The number of carbonyl (C=O) groups is 2. The van der Waals surface area contributed by atoms with Gasteiger partial charge < -0.3 is 15.0 Å². The van der Waals surface area contributed by atoms with Gasteiger partial charge in [0.15, 0.2) is 0 Å². The number of rotatable bonds is 6. The van der Waals surface area contributed by atoms with Crippen molar-refractivity contribution in [3.05, 3.63) is 82.2 Å². The molecule has 0 aliphatic heterocycles. The normalized spacial score (nSPS) is 10.9. The third-order valence-corrected chi connectivity index (χ3v) is 4.07. The van der Waals surface area contributed by atoms with Gasteiger partial charge in [0.25, 0.3) is 5.56 Å². The first-order chi connectivity index (χ1) is 13.5. The predicted molar refractivity (Wildman–Crippen MR) is 109 cm³/mol. The fourth-order valence-electron chi connectivity index (χ4n) is 2.73. The van der Waals surface area contributed by atoms with Crippen molar-refractivity contribution in [2.45, 2.75) is 13.3 Å². The topological polar surface area (TPSA) is 88.3 Å². The molecule has 2 N–H and O–H groups in total. The average molecular weight is 376 g/mol. The van der Waals surface area contributed by atoms with Gasteiger partial charge >= 0.3 is 5.97 Å². The van der Waals surface area contributed by atoms with Crippen molar-refractivity contribution in [2.24, 2.45) is 0 Å². The van der Waals surface area contributed by atoms with Gasteiger partial charge in [0, 0.05) is 22.8 Å². The van der Waals surface area contributed by atoms with Crippen molar-refractivity contribution in [3.8, 4) is 0 Å². The maximum atomic E-state index is 12.3. The number of carbonyl (C=O) groups excluding carboxylic acids is 2. The maximum absolute atomic E-state index is 12.3. The molecule has 0 aliphatic rings. The summed E-state index contributed by atoms with van der Waals surface area (Å²) < 4.78 is 4.82. The third-order valence-electron chi connectivity index (χ3n) is 4.07. The third kappa shape index (κ3) is 4.94. The van der Waals surface area contributed by atoms with Crippen LogP contribution in [-0.2, 0) is 20.7 Å². The molecule has 0 saturated carbocycles. The molecule has 6 nitrogen and oxygen atoms in total. The number of pyridine rings is 1. The lowest BCUT2D eigenvalue weighted by atomic mass is 10.1. The number of ether oxygens (including phenoxy) is 1. The molecule has 0 saturated heterocycles. The molecule has 28 heavy (non-hydrogen) atoms. The average Bonchev–Trinajstić information content (AvgIpc) is 2.68. The lowest BCUT2D eigenvalue weighted by Gasteiger charge is -2.06. The van der Waals surface area contributed by atoms with Crippen molar-refractivity contribution in [3.63, 3.8) is 0 Å². The van der Waals surface area contributed by atoms with E-state index in [1.807, 2.05) is 24.3 Å². The molecule has 0 radical (unpaired) electrons. The molecule has 6 heteroatoms. The summed E-state index contributed by atoms with van der Waals surface area (Å²) in [7, 11) is 0. The Morgan fingerprint density at radius 1 is 1.11 bits per heavy atom. The van der Waals surface area contributed by atoms with Crippen LogP contribution in [0.2, 0.25) is 0 Å². The Kier molecular flexibility index (Phi) is 6.01. The fourth-order valence-corrected chi connectivity index (χ4v) is 2.73. The Labute approximate surface area is 161 Å². The van der Waals surface area contributed by atoms with E-state index in [0.29, 0.717) is 17.9 Å². The molecule has 0 unspecified atom stereocenters. The molecule has 1 heterocycles. The highest BCUT2D eigenvalue weighted by Gasteiger charge is 2.09. The lowest BCUT2D eigenvalue weighted by molar-refractivity contribution is -0.137. The number of nitrogens with one attached hydrogen (secondary N) is 2. The summed E-state index contributed by atoms with van der Waals surface area (Å²) in [6.45, 7) is 2.07. The Hall–Kier alpha value is -3.67. The number of fused-ring (bicyclic) bond motifs is 1. The van der Waals surface area contributed by atoms with Gasteiger partial charge in [-0.2, -0.15) is 0 Å². The molecule has 0 aliphatic carbocycles. The second-order valence-electron chi connectivity index (χ2n) is 6.14. The summed E-state index contributed by atoms with van der Waals surface area (Å²) in [5.41, 5.74) is 2.29. The van der Waals surface area contributed by atoms with Crippen LogP contribution in [0.1, 0.15) is 18.1 Å². The first-order valence-electron chi connectivity index (χ1n) is 8.91. The number of esters is 1. The maximum Gasteiger partial charge on any atom is 0.330 e. The van der Waals surface area contributed by atoms with E-state index in [4.69, 9.17) is 4.74 Å². The molecule has 3 aromatic rings. The Balaban J connectivity index is 1.64. The van der Waals surface area contributed by atoms with E-state index in [9.17, 15) is 14.4 Å². The SMILES string of the molecule is CCOC(=O)/C=C/c1ccc(NC(=O)Cc2cc3ccccc3[nH]c2=O)cc1. The summed E-state index contributed by atoms with van der Waals surface area (Å²) in [6, 6.07) is 16.2. The van der Waals surface area contributed by atoms with Crippen molar-refractivity contribution in [2.75, 3.05) is 11.9 Å². The van der Waals surface area contributed by atoms with Gasteiger partial charge in [-0.05, 0) is 48.2 Å². The summed E-state index contributed by atoms with van der Waals surface area (Å²) in [5.74, 6) is -0.684. The minimum absolute atomic E-state index is 0.0231. The van der Waals surface area contributed by atoms with Gasteiger partial charge in [0.1, 0.15) is 0 Å². The first kappa shape index (κ1) is 19.1. The van der Waals surface area contributed by atoms with E-state index in [0.717, 1.165) is 16.5 Å². The van der Waals surface area contributed by atoms with E-state index in [-0.39, 0.29) is 17.9 Å². The lowest BCUT2D eigenvalue weighted by Crippen LogP contribution is -2.21. The van der Waals surface area contributed by atoms with Gasteiger partial charge in [-0.25, -0.2) is 4.79 Å². The van der Waals surface area contributed by atoms with Crippen molar-refractivity contribution >= 4 is 34.5 Å². The number of aromatic amines is 1. The Morgan fingerprint density at radius 2 is 1.86 bits per heavy atom. The molecule has 1 aromatic heterocycles. The molecule has 0 spiro atoms.